The number of nitrogens with zero attached hydrogens (tertiary/aromatic N) is 5. The summed E-state index contributed by atoms with van der Waals surface area (Å²) >= 11 is 0. The predicted molar refractivity (Wildman–Crippen MR) is 198 cm³/mol. The van der Waals surface area contributed by atoms with Gasteiger partial charge in [-0.2, -0.15) is 0 Å². The third-order valence-electron chi connectivity index (χ3n) is 10.9. The van der Waals surface area contributed by atoms with Gasteiger partial charge in [-0.3, -0.25) is 14.5 Å². The number of ether oxygens (including phenoxy) is 2. The molecule has 4 aliphatic rings. The highest BCUT2D eigenvalue weighted by atomic mass is 19.1. The monoisotopic (exact) mass is 777 g/mol. The molecule has 56 heavy (non-hydrogen) atoms. The van der Waals surface area contributed by atoms with E-state index in [-0.39, 0.29) is 61.1 Å². The van der Waals surface area contributed by atoms with Crippen molar-refractivity contribution in [2.24, 2.45) is 17.8 Å². The molecule has 2 N–H and O–H groups in total. The van der Waals surface area contributed by atoms with Crippen LogP contribution in [0.15, 0.2) is 66.9 Å². The zero-order valence-corrected chi connectivity index (χ0v) is 31.1. The molecule has 3 saturated heterocycles. The van der Waals surface area contributed by atoms with Gasteiger partial charge in [-0.05, 0) is 49.4 Å². The van der Waals surface area contributed by atoms with Gasteiger partial charge in [0, 0.05) is 94.8 Å². The quantitative estimate of drug-likeness (QED) is 0.246. The lowest BCUT2D eigenvalue weighted by molar-refractivity contribution is -0.138. The first-order valence-corrected chi connectivity index (χ1v) is 19.0. The van der Waals surface area contributed by atoms with E-state index in [1.54, 1.807) is 18.0 Å². The number of halogens is 3. The van der Waals surface area contributed by atoms with Crippen LogP contribution in [0.2, 0.25) is 0 Å². The van der Waals surface area contributed by atoms with Crippen LogP contribution in [0.1, 0.15) is 37.2 Å². The highest BCUT2D eigenvalue weighted by Crippen LogP contribution is 2.38. The second kappa shape index (κ2) is 17.3. The van der Waals surface area contributed by atoms with Crippen LogP contribution in [0.4, 0.5) is 22.8 Å². The number of hydrogen-bond acceptors (Lipinski definition) is 8. The molecule has 298 valence electrons. The van der Waals surface area contributed by atoms with Gasteiger partial charge in [-0.25, -0.2) is 27.7 Å². The second-order valence-corrected chi connectivity index (χ2v) is 15.0. The van der Waals surface area contributed by atoms with Gasteiger partial charge in [0.15, 0.2) is 0 Å². The third-order valence-corrected chi connectivity index (χ3v) is 10.9. The number of aromatic nitrogens is 2. The molecular weight excluding hydrogens is 731 g/mol. The SMILES string of the molecule is C[C@@H](COC(=O)N1CC(CN2C(=O)C=CC2=O)C1)NC(=O)N(C[C@@H]1CNC[C@@H]1F)C(c1nc(-c2cc(F)ccc2F)cn1Cc1ccccc1)C1CCOCC1. The number of likely N-dealkylation sites (tertiary alicyclic amines) is 1. The van der Waals surface area contributed by atoms with Crippen molar-refractivity contribution < 1.29 is 41.8 Å². The van der Waals surface area contributed by atoms with Gasteiger partial charge in [0.05, 0.1) is 17.8 Å². The largest absolute Gasteiger partial charge is 0.447 e. The van der Waals surface area contributed by atoms with E-state index in [9.17, 15) is 23.6 Å². The minimum Gasteiger partial charge on any atom is -0.447 e. The van der Waals surface area contributed by atoms with Crippen molar-refractivity contribution in [2.75, 3.05) is 59.1 Å². The van der Waals surface area contributed by atoms with Crippen molar-refractivity contribution >= 4 is 23.9 Å². The van der Waals surface area contributed by atoms with Crippen LogP contribution < -0.4 is 10.6 Å². The molecule has 13 nitrogen and oxygen atoms in total. The summed E-state index contributed by atoms with van der Waals surface area (Å²) in [5, 5.41) is 6.04. The second-order valence-electron chi connectivity index (χ2n) is 15.0. The normalized spacial score (nSPS) is 21.3. The maximum atomic E-state index is 15.3. The number of rotatable bonds is 13. The van der Waals surface area contributed by atoms with Crippen molar-refractivity contribution in [2.45, 2.75) is 44.6 Å². The van der Waals surface area contributed by atoms with Crippen molar-refractivity contribution in [3.63, 3.8) is 0 Å². The van der Waals surface area contributed by atoms with Gasteiger partial charge in [-0.15, -0.1) is 0 Å². The topological polar surface area (TPSA) is 138 Å². The molecule has 4 atom stereocenters. The van der Waals surface area contributed by atoms with E-state index >= 15 is 8.78 Å². The molecule has 1 aromatic heterocycles. The van der Waals surface area contributed by atoms with Crippen LogP contribution in [0.3, 0.4) is 0 Å². The van der Waals surface area contributed by atoms with Gasteiger partial charge in [0.2, 0.25) is 0 Å². The molecule has 0 aliphatic carbocycles. The molecule has 16 heteroatoms. The summed E-state index contributed by atoms with van der Waals surface area (Å²) in [4.78, 5) is 60.4. The van der Waals surface area contributed by atoms with Crippen LogP contribution in [0.5, 0.6) is 0 Å². The minimum absolute atomic E-state index is 0.0254. The number of imide groups is 1. The van der Waals surface area contributed by atoms with E-state index in [0.717, 1.165) is 28.7 Å². The number of hydrogen-bond donors (Lipinski definition) is 2. The van der Waals surface area contributed by atoms with Crippen molar-refractivity contribution in [1.82, 2.24) is 34.9 Å². The van der Waals surface area contributed by atoms with Gasteiger partial charge in [-0.1, -0.05) is 30.3 Å². The van der Waals surface area contributed by atoms with Gasteiger partial charge in [0.1, 0.15) is 30.2 Å². The first kappa shape index (κ1) is 39.0. The predicted octanol–water partition coefficient (Wildman–Crippen LogP) is 4.30. The molecule has 5 amide bonds. The Bertz CT molecular complexity index is 1920. The lowest BCUT2D eigenvalue weighted by Gasteiger charge is -2.40. The lowest BCUT2D eigenvalue weighted by atomic mass is 9.89. The van der Waals surface area contributed by atoms with Gasteiger partial charge in [0.25, 0.3) is 11.8 Å². The fraction of sp³-hybridized carbons (Fsp3) is 0.475. The van der Waals surface area contributed by atoms with Gasteiger partial charge >= 0.3 is 12.1 Å². The number of alkyl halides is 1. The Labute approximate surface area is 322 Å². The fourth-order valence-corrected chi connectivity index (χ4v) is 7.81. The molecule has 0 spiro atoms. The molecule has 5 heterocycles. The van der Waals surface area contributed by atoms with E-state index in [4.69, 9.17) is 14.5 Å². The number of imidazole rings is 1. The smallest absolute Gasteiger partial charge is 0.409 e. The first-order valence-electron chi connectivity index (χ1n) is 19.0. The molecule has 1 unspecified atom stereocenters. The van der Waals surface area contributed by atoms with E-state index in [2.05, 4.69) is 10.6 Å². The summed E-state index contributed by atoms with van der Waals surface area (Å²) in [7, 11) is 0. The summed E-state index contributed by atoms with van der Waals surface area (Å²) in [6.45, 7) is 4.10. The first-order chi connectivity index (χ1) is 27.0. The summed E-state index contributed by atoms with van der Waals surface area (Å²) in [5.41, 5.74) is 1.09. The summed E-state index contributed by atoms with van der Waals surface area (Å²) < 4.78 is 58.1. The van der Waals surface area contributed by atoms with E-state index in [0.29, 0.717) is 58.1 Å². The Balaban J connectivity index is 1.13. The number of nitrogens with one attached hydrogen (secondary N) is 2. The molecule has 2 aromatic carbocycles. The number of carbonyl (C=O) groups excluding carboxylic acids is 4. The molecule has 0 saturated carbocycles. The number of urea groups is 1. The van der Waals surface area contributed by atoms with Crippen LogP contribution >= 0.6 is 0 Å². The molecule has 3 aromatic rings. The Morgan fingerprint density at radius 2 is 1.79 bits per heavy atom. The number of benzene rings is 2. The van der Waals surface area contributed by atoms with Crippen molar-refractivity contribution in [3.8, 4) is 11.3 Å². The van der Waals surface area contributed by atoms with E-state index < -0.39 is 47.9 Å². The zero-order valence-electron chi connectivity index (χ0n) is 31.1. The Hall–Kier alpha value is -5.22. The van der Waals surface area contributed by atoms with Crippen LogP contribution in [-0.4, -0.2) is 119 Å². The molecule has 3 fully saturated rings. The lowest BCUT2D eigenvalue weighted by Crippen LogP contribution is -2.55. The Kier molecular flexibility index (Phi) is 12.0. The minimum atomic E-state index is -1.21. The molecular formula is C40H46F3N7O6. The average Bonchev–Trinajstić information content (AvgIpc) is 3.87. The average molecular weight is 778 g/mol. The summed E-state index contributed by atoms with van der Waals surface area (Å²) in [5.74, 6) is -2.37. The van der Waals surface area contributed by atoms with Crippen molar-refractivity contribution in [1.29, 1.82) is 0 Å². The highest BCUT2D eigenvalue weighted by molar-refractivity contribution is 6.12. The molecule has 0 radical (unpaired) electrons. The third kappa shape index (κ3) is 8.91. The van der Waals surface area contributed by atoms with Crippen LogP contribution in [0, 0.1) is 29.4 Å². The Morgan fingerprint density at radius 1 is 1.05 bits per heavy atom. The number of carbonyl (C=O) groups is 4. The standard InChI is InChI=1S/C40H46F3N7O6/c1-25(24-56-40(54)48-19-27(20-48)21-49-35(51)9-10-36(49)52)45-39(53)50(22-29-16-44-17-33(29)43)37(28-11-13-55-14-12-28)38-46-34(31-15-30(41)7-8-32(31)42)23-47(38)18-26-5-3-2-4-6-26/h2-10,15,23,25,27-29,33,37,44H,11-14,16-22,24H2,1H3,(H,45,53)/t25-,29-,33-,37?/m0/s1. The molecule has 4 aliphatic heterocycles. The van der Waals surface area contributed by atoms with Crippen molar-refractivity contribution in [3.05, 3.63) is 89.9 Å². The highest BCUT2D eigenvalue weighted by Gasteiger charge is 2.41. The van der Waals surface area contributed by atoms with Crippen LogP contribution in [-0.2, 0) is 25.6 Å². The van der Waals surface area contributed by atoms with E-state index in [1.165, 1.54) is 17.1 Å². The Morgan fingerprint density at radius 3 is 2.48 bits per heavy atom. The fourth-order valence-electron chi connectivity index (χ4n) is 7.81. The summed E-state index contributed by atoms with van der Waals surface area (Å²) in [6, 6.07) is 10.9. The summed E-state index contributed by atoms with van der Waals surface area (Å²) in [6.07, 6.45) is 3.45. The van der Waals surface area contributed by atoms with Gasteiger partial charge < -0.3 is 34.5 Å². The number of amides is 5. The maximum absolute atomic E-state index is 15.3. The molecule has 0 bridgehead atoms. The van der Waals surface area contributed by atoms with Crippen LogP contribution in [0.25, 0.3) is 11.3 Å². The van der Waals surface area contributed by atoms with E-state index in [1.807, 2.05) is 34.9 Å². The molecule has 7 rings (SSSR count). The zero-order chi connectivity index (χ0) is 39.3. The maximum Gasteiger partial charge on any atom is 0.409 e.